The molecule has 1 unspecified atom stereocenters. The van der Waals surface area contributed by atoms with Crippen molar-refractivity contribution in [2.24, 2.45) is 5.92 Å². The minimum atomic E-state index is 0.0369. The predicted molar refractivity (Wildman–Crippen MR) is 62.2 cm³/mol. The number of methoxy groups -OCH3 is 1. The minimum Gasteiger partial charge on any atom is -0.392 e. The van der Waals surface area contributed by atoms with E-state index >= 15 is 0 Å². The Balaban J connectivity index is 2.05. The van der Waals surface area contributed by atoms with Crippen LogP contribution in [0.4, 0.5) is 5.69 Å². The summed E-state index contributed by atoms with van der Waals surface area (Å²) in [4.78, 5) is 4.07. The zero-order valence-corrected chi connectivity index (χ0v) is 9.52. The third-order valence-electron chi connectivity index (χ3n) is 2.96. The fourth-order valence-electron chi connectivity index (χ4n) is 1.86. The lowest BCUT2D eigenvalue weighted by molar-refractivity contribution is 0.179. The molecular weight excluding hydrogens is 204 g/mol. The number of aliphatic hydroxyl groups is 1. The quantitative estimate of drug-likeness (QED) is 0.764. The van der Waals surface area contributed by atoms with Gasteiger partial charge in [-0.1, -0.05) is 0 Å². The van der Waals surface area contributed by atoms with Crippen molar-refractivity contribution in [3.63, 3.8) is 0 Å². The summed E-state index contributed by atoms with van der Waals surface area (Å²) in [7, 11) is 1.72. The van der Waals surface area contributed by atoms with Gasteiger partial charge in [0.25, 0.3) is 0 Å². The van der Waals surface area contributed by atoms with Crippen LogP contribution in [0.1, 0.15) is 18.4 Å². The number of hydrogen-bond acceptors (Lipinski definition) is 4. The van der Waals surface area contributed by atoms with Crippen molar-refractivity contribution in [2.75, 3.05) is 19.0 Å². The van der Waals surface area contributed by atoms with E-state index in [1.807, 2.05) is 6.07 Å². The van der Waals surface area contributed by atoms with Crippen molar-refractivity contribution in [1.29, 1.82) is 0 Å². The SMILES string of the molecule is COCC(Nc1cnccc1CO)C1CC1. The van der Waals surface area contributed by atoms with Gasteiger partial charge in [-0.25, -0.2) is 0 Å². The summed E-state index contributed by atoms with van der Waals surface area (Å²) in [5.41, 5.74) is 1.80. The summed E-state index contributed by atoms with van der Waals surface area (Å²) in [5.74, 6) is 0.701. The van der Waals surface area contributed by atoms with Crippen LogP contribution in [0.2, 0.25) is 0 Å². The number of nitrogens with zero attached hydrogens (tertiary/aromatic N) is 1. The summed E-state index contributed by atoms with van der Waals surface area (Å²) in [6, 6.07) is 2.17. The largest absolute Gasteiger partial charge is 0.392 e. The van der Waals surface area contributed by atoms with E-state index in [9.17, 15) is 5.11 Å². The first-order chi connectivity index (χ1) is 7.85. The monoisotopic (exact) mass is 222 g/mol. The van der Waals surface area contributed by atoms with E-state index in [4.69, 9.17) is 4.74 Å². The number of nitrogens with one attached hydrogen (secondary N) is 1. The third kappa shape index (κ3) is 2.71. The van der Waals surface area contributed by atoms with Crippen molar-refractivity contribution in [1.82, 2.24) is 4.98 Å². The maximum atomic E-state index is 9.22. The molecule has 0 radical (unpaired) electrons. The fraction of sp³-hybridized carbons (Fsp3) is 0.583. The third-order valence-corrected chi connectivity index (χ3v) is 2.96. The first-order valence-electron chi connectivity index (χ1n) is 5.64. The first kappa shape index (κ1) is 11.4. The number of pyridine rings is 1. The summed E-state index contributed by atoms with van der Waals surface area (Å²) in [6.07, 6.45) is 5.97. The minimum absolute atomic E-state index is 0.0369. The summed E-state index contributed by atoms with van der Waals surface area (Å²) in [5, 5.41) is 12.6. The van der Waals surface area contributed by atoms with E-state index in [1.165, 1.54) is 12.8 Å². The first-order valence-corrected chi connectivity index (χ1v) is 5.64. The number of hydrogen-bond donors (Lipinski definition) is 2. The van der Waals surface area contributed by atoms with Crippen LogP contribution in [0.15, 0.2) is 18.5 Å². The molecule has 1 fully saturated rings. The van der Waals surface area contributed by atoms with Crippen LogP contribution >= 0.6 is 0 Å². The molecule has 2 N–H and O–H groups in total. The lowest BCUT2D eigenvalue weighted by Gasteiger charge is -2.19. The highest BCUT2D eigenvalue weighted by molar-refractivity contribution is 5.49. The highest BCUT2D eigenvalue weighted by Crippen LogP contribution is 2.34. The van der Waals surface area contributed by atoms with E-state index in [1.54, 1.807) is 19.5 Å². The van der Waals surface area contributed by atoms with Crippen LogP contribution in [0.5, 0.6) is 0 Å². The molecule has 0 aromatic carbocycles. The average molecular weight is 222 g/mol. The Labute approximate surface area is 95.7 Å². The number of aromatic nitrogens is 1. The van der Waals surface area contributed by atoms with Crippen LogP contribution < -0.4 is 5.32 Å². The molecule has 2 rings (SSSR count). The Morgan fingerprint density at radius 3 is 3.06 bits per heavy atom. The predicted octanol–water partition coefficient (Wildman–Crippen LogP) is 1.41. The second kappa shape index (κ2) is 5.27. The van der Waals surface area contributed by atoms with Gasteiger partial charge in [0.2, 0.25) is 0 Å². The molecular formula is C12H18N2O2. The molecule has 0 saturated heterocycles. The molecule has 0 amide bonds. The lowest BCUT2D eigenvalue weighted by atomic mass is 10.1. The highest BCUT2D eigenvalue weighted by Gasteiger charge is 2.31. The Kier molecular flexibility index (Phi) is 3.74. The van der Waals surface area contributed by atoms with Crippen molar-refractivity contribution < 1.29 is 9.84 Å². The van der Waals surface area contributed by atoms with Crippen molar-refractivity contribution in [2.45, 2.75) is 25.5 Å². The van der Waals surface area contributed by atoms with Gasteiger partial charge in [0, 0.05) is 18.9 Å². The zero-order chi connectivity index (χ0) is 11.4. The van der Waals surface area contributed by atoms with Crippen LogP contribution in [-0.2, 0) is 11.3 Å². The van der Waals surface area contributed by atoms with E-state index in [0.717, 1.165) is 11.3 Å². The molecule has 1 aromatic heterocycles. The van der Waals surface area contributed by atoms with E-state index in [-0.39, 0.29) is 6.61 Å². The van der Waals surface area contributed by atoms with Gasteiger partial charge >= 0.3 is 0 Å². The lowest BCUT2D eigenvalue weighted by Crippen LogP contribution is -2.27. The van der Waals surface area contributed by atoms with Gasteiger partial charge in [-0.15, -0.1) is 0 Å². The van der Waals surface area contributed by atoms with E-state index in [2.05, 4.69) is 10.3 Å². The van der Waals surface area contributed by atoms with Crippen LogP contribution in [0.25, 0.3) is 0 Å². The van der Waals surface area contributed by atoms with Gasteiger partial charge < -0.3 is 15.2 Å². The van der Waals surface area contributed by atoms with Gasteiger partial charge in [-0.05, 0) is 24.8 Å². The van der Waals surface area contributed by atoms with E-state index < -0.39 is 0 Å². The van der Waals surface area contributed by atoms with Gasteiger partial charge in [0.1, 0.15) is 0 Å². The molecule has 88 valence electrons. The van der Waals surface area contributed by atoms with Crippen LogP contribution in [-0.4, -0.2) is 29.8 Å². The normalized spacial score (nSPS) is 17.1. The number of rotatable bonds is 6. The zero-order valence-electron chi connectivity index (χ0n) is 9.52. The molecule has 4 nitrogen and oxygen atoms in total. The molecule has 1 atom stereocenters. The molecule has 1 aliphatic rings. The fourth-order valence-corrected chi connectivity index (χ4v) is 1.86. The second-order valence-corrected chi connectivity index (χ2v) is 4.23. The topological polar surface area (TPSA) is 54.4 Å². The number of anilines is 1. The van der Waals surface area contributed by atoms with Crippen LogP contribution in [0, 0.1) is 5.92 Å². The maximum Gasteiger partial charge on any atom is 0.0703 e. The molecule has 0 bridgehead atoms. The molecule has 1 heterocycles. The summed E-state index contributed by atoms with van der Waals surface area (Å²) < 4.78 is 5.21. The Bertz CT molecular complexity index is 340. The molecule has 0 spiro atoms. The Morgan fingerprint density at radius 2 is 2.44 bits per heavy atom. The van der Waals surface area contributed by atoms with Crippen molar-refractivity contribution in [3.05, 3.63) is 24.0 Å². The van der Waals surface area contributed by atoms with Gasteiger partial charge in [-0.3, -0.25) is 4.98 Å². The van der Waals surface area contributed by atoms with E-state index in [0.29, 0.717) is 18.6 Å². The number of aliphatic hydroxyl groups excluding tert-OH is 1. The van der Waals surface area contributed by atoms with Gasteiger partial charge in [0.05, 0.1) is 31.1 Å². The summed E-state index contributed by atoms with van der Waals surface area (Å²) in [6.45, 7) is 0.736. The maximum absolute atomic E-state index is 9.22. The highest BCUT2D eigenvalue weighted by atomic mass is 16.5. The molecule has 0 aliphatic heterocycles. The Morgan fingerprint density at radius 1 is 1.62 bits per heavy atom. The molecule has 1 aromatic rings. The average Bonchev–Trinajstić information content (AvgIpc) is 3.13. The second-order valence-electron chi connectivity index (χ2n) is 4.23. The molecule has 16 heavy (non-hydrogen) atoms. The van der Waals surface area contributed by atoms with Gasteiger partial charge in [-0.2, -0.15) is 0 Å². The summed E-state index contributed by atoms with van der Waals surface area (Å²) >= 11 is 0. The molecule has 4 heteroatoms. The van der Waals surface area contributed by atoms with Crippen LogP contribution in [0.3, 0.4) is 0 Å². The van der Waals surface area contributed by atoms with Gasteiger partial charge in [0.15, 0.2) is 0 Å². The van der Waals surface area contributed by atoms with Crippen molar-refractivity contribution in [3.8, 4) is 0 Å². The smallest absolute Gasteiger partial charge is 0.0703 e. The Hall–Kier alpha value is -1.13. The molecule has 1 aliphatic carbocycles. The standard InChI is InChI=1S/C12H18N2O2/c1-16-8-12(9-2-3-9)14-11-6-13-5-4-10(11)7-15/h4-6,9,12,14-15H,2-3,7-8H2,1H3. The number of ether oxygens (including phenoxy) is 1. The van der Waals surface area contributed by atoms with Crippen molar-refractivity contribution >= 4 is 5.69 Å². The molecule has 1 saturated carbocycles.